The summed E-state index contributed by atoms with van der Waals surface area (Å²) in [4.78, 5) is 2.37. The predicted molar refractivity (Wildman–Crippen MR) is 92.1 cm³/mol. The number of benzene rings is 1. The van der Waals surface area contributed by atoms with Gasteiger partial charge in [0, 0.05) is 30.1 Å². The highest BCUT2D eigenvalue weighted by Crippen LogP contribution is 2.12. The van der Waals surface area contributed by atoms with Gasteiger partial charge in [-0.05, 0) is 38.1 Å². The highest BCUT2D eigenvalue weighted by atomic mass is 79.9. The van der Waals surface area contributed by atoms with E-state index in [4.69, 9.17) is 0 Å². The van der Waals surface area contributed by atoms with Crippen molar-refractivity contribution in [3.8, 4) is 0 Å². The number of hydrogen-bond acceptors (Lipinski definition) is 2. The minimum atomic E-state index is 0.640. The molecule has 1 N–H and O–H groups in total. The van der Waals surface area contributed by atoms with Crippen molar-refractivity contribution in [2.45, 2.75) is 52.1 Å². The molecule has 0 aliphatic rings. The van der Waals surface area contributed by atoms with Crippen LogP contribution in [0.15, 0.2) is 28.7 Å². The third-order valence-corrected chi connectivity index (χ3v) is 4.06. The molecule has 0 heterocycles. The summed E-state index contributed by atoms with van der Waals surface area (Å²) in [6, 6.07) is 9.18. The Labute approximate surface area is 133 Å². The number of unbranched alkanes of at least 4 members (excludes halogenated alkanes) is 2. The Morgan fingerprint density at radius 2 is 2.10 bits per heavy atom. The summed E-state index contributed by atoms with van der Waals surface area (Å²) < 4.78 is 1.16. The molecule has 0 saturated heterocycles. The molecule has 0 amide bonds. The molecule has 0 aliphatic heterocycles. The molecule has 1 unspecified atom stereocenters. The van der Waals surface area contributed by atoms with Gasteiger partial charge in [-0.3, -0.25) is 0 Å². The molecule has 1 aromatic carbocycles. The summed E-state index contributed by atoms with van der Waals surface area (Å²) in [6.07, 6.45) is 5.30. The number of rotatable bonds is 10. The zero-order valence-corrected chi connectivity index (χ0v) is 14.7. The van der Waals surface area contributed by atoms with Crippen LogP contribution in [-0.4, -0.2) is 31.1 Å². The maximum atomic E-state index is 3.62. The molecule has 114 valence electrons. The average molecular weight is 341 g/mol. The third-order valence-electron chi connectivity index (χ3n) is 3.57. The van der Waals surface area contributed by atoms with Gasteiger partial charge in [0.15, 0.2) is 0 Å². The number of halogens is 1. The second kappa shape index (κ2) is 10.4. The van der Waals surface area contributed by atoms with Crippen molar-refractivity contribution in [2.75, 3.05) is 20.1 Å². The largest absolute Gasteiger partial charge is 0.313 e. The van der Waals surface area contributed by atoms with Crippen LogP contribution in [0.4, 0.5) is 0 Å². The van der Waals surface area contributed by atoms with Crippen molar-refractivity contribution in [3.05, 3.63) is 34.3 Å². The number of nitrogens with one attached hydrogen (secondary N) is 1. The van der Waals surface area contributed by atoms with Crippen molar-refractivity contribution in [1.29, 1.82) is 0 Å². The van der Waals surface area contributed by atoms with Gasteiger partial charge in [0.1, 0.15) is 0 Å². The van der Waals surface area contributed by atoms with E-state index in [1.54, 1.807) is 0 Å². The molecule has 1 rings (SSSR count). The molecule has 1 atom stereocenters. The van der Waals surface area contributed by atoms with E-state index in [0.29, 0.717) is 6.04 Å². The molecule has 0 fully saturated rings. The van der Waals surface area contributed by atoms with Crippen LogP contribution < -0.4 is 5.32 Å². The Morgan fingerprint density at radius 3 is 2.80 bits per heavy atom. The number of hydrogen-bond donors (Lipinski definition) is 1. The summed E-state index contributed by atoms with van der Waals surface area (Å²) in [7, 11) is 2.18. The molecule has 0 aliphatic carbocycles. The van der Waals surface area contributed by atoms with Gasteiger partial charge in [0.05, 0.1) is 0 Å². The predicted octanol–water partition coefficient (Wildman–Crippen LogP) is 4.44. The van der Waals surface area contributed by atoms with Gasteiger partial charge in [-0.1, -0.05) is 54.2 Å². The summed E-state index contributed by atoms with van der Waals surface area (Å²) in [5, 5.41) is 3.62. The Balaban J connectivity index is 2.15. The summed E-state index contributed by atoms with van der Waals surface area (Å²) in [5.41, 5.74) is 1.36. The van der Waals surface area contributed by atoms with E-state index in [9.17, 15) is 0 Å². The number of nitrogens with zero attached hydrogens (tertiary/aromatic N) is 1. The topological polar surface area (TPSA) is 15.3 Å². The van der Waals surface area contributed by atoms with E-state index >= 15 is 0 Å². The first-order valence-electron chi connectivity index (χ1n) is 7.78. The molecule has 0 bridgehead atoms. The maximum Gasteiger partial charge on any atom is 0.0231 e. The Hall–Kier alpha value is -0.380. The van der Waals surface area contributed by atoms with Crippen LogP contribution in [-0.2, 0) is 6.54 Å². The third kappa shape index (κ3) is 8.03. The minimum absolute atomic E-state index is 0.640. The molecule has 2 nitrogen and oxygen atoms in total. The first-order valence-corrected chi connectivity index (χ1v) is 8.57. The standard InChI is InChI=1S/C17H29BrN2/c1-4-5-6-8-15(2)19-11-12-20(3)14-16-9-7-10-17(18)13-16/h7,9-10,13,15,19H,4-6,8,11-12,14H2,1-3H3. The van der Waals surface area contributed by atoms with Crippen LogP contribution in [0.5, 0.6) is 0 Å². The van der Waals surface area contributed by atoms with Crippen LogP contribution >= 0.6 is 15.9 Å². The molecule has 0 aromatic heterocycles. The minimum Gasteiger partial charge on any atom is -0.313 e. The smallest absolute Gasteiger partial charge is 0.0231 e. The fourth-order valence-electron chi connectivity index (χ4n) is 2.33. The van der Waals surface area contributed by atoms with E-state index in [-0.39, 0.29) is 0 Å². The van der Waals surface area contributed by atoms with Crippen LogP contribution in [0, 0.1) is 0 Å². The molecular formula is C17H29BrN2. The van der Waals surface area contributed by atoms with E-state index in [2.05, 4.69) is 71.3 Å². The van der Waals surface area contributed by atoms with Crippen molar-refractivity contribution in [3.63, 3.8) is 0 Å². The fourth-order valence-corrected chi connectivity index (χ4v) is 2.78. The monoisotopic (exact) mass is 340 g/mol. The van der Waals surface area contributed by atoms with Gasteiger partial charge in [0.25, 0.3) is 0 Å². The first-order chi connectivity index (χ1) is 9.61. The van der Waals surface area contributed by atoms with Gasteiger partial charge in [-0.25, -0.2) is 0 Å². The molecular weight excluding hydrogens is 312 g/mol. The van der Waals surface area contributed by atoms with E-state index in [1.807, 2.05) is 0 Å². The Bertz CT molecular complexity index is 368. The van der Waals surface area contributed by atoms with E-state index in [0.717, 1.165) is 24.1 Å². The fraction of sp³-hybridized carbons (Fsp3) is 0.647. The van der Waals surface area contributed by atoms with Gasteiger partial charge in [0.2, 0.25) is 0 Å². The van der Waals surface area contributed by atoms with Gasteiger partial charge in [-0.15, -0.1) is 0 Å². The van der Waals surface area contributed by atoms with E-state index in [1.165, 1.54) is 31.2 Å². The average Bonchev–Trinajstić information content (AvgIpc) is 2.39. The van der Waals surface area contributed by atoms with Crippen LogP contribution in [0.1, 0.15) is 45.1 Å². The van der Waals surface area contributed by atoms with Crippen molar-refractivity contribution >= 4 is 15.9 Å². The first kappa shape index (κ1) is 17.7. The highest BCUT2D eigenvalue weighted by Gasteiger charge is 2.03. The quantitative estimate of drug-likeness (QED) is 0.633. The second-order valence-electron chi connectivity index (χ2n) is 5.72. The van der Waals surface area contributed by atoms with Crippen molar-refractivity contribution in [1.82, 2.24) is 10.2 Å². The lowest BCUT2D eigenvalue weighted by molar-refractivity contribution is 0.315. The lowest BCUT2D eigenvalue weighted by atomic mass is 10.1. The van der Waals surface area contributed by atoms with Gasteiger partial charge in [-0.2, -0.15) is 0 Å². The summed E-state index contributed by atoms with van der Waals surface area (Å²) >= 11 is 3.52. The van der Waals surface area contributed by atoms with Gasteiger partial charge < -0.3 is 10.2 Å². The van der Waals surface area contributed by atoms with Crippen molar-refractivity contribution in [2.24, 2.45) is 0 Å². The van der Waals surface area contributed by atoms with Crippen LogP contribution in [0.25, 0.3) is 0 Å². The number of likely N-dealkylation sites (N-methyl/N-ethyl adjacent to an activating group) is 1. The zero-order chi connectivity index (χ0) is 14.8. The molecule has 0 saturated carbocycles. The van der Waals surface area contributed by atoms with Crippen LogP contribution in [0.3, 0.4) is 0 Å². The Kier molecular flexibility index (Phi) is 9.16. The molecule has 0 spiro atoms. The lowest BCUT2D eigenvalue weighted by Crippen LogP contribution is -2.34. The molecule has 1 aromatic rings. The van der Waals surface area contributed by atoms with Gasteiger partial charge >= 0.3 is 0 Å². The SMILES string of the molecule is CCCCCC(C)NCCN(C)Cc1cccc(Br)c1. The highest BCUT2D eigenvalue weighted by molar-refractivity contribution is 9.10. The second-order valence-corrected chi connectivity index (χ2v) is 6.63. The maximum absolute atomic E-state index is 3.62. The van der Waals surface area contributed by atoms with Crippen molar-refractivity contribution < 1.29 is 0 Å². The summed E-state index contributed by atoms with van der Waals surface area (Å²) in [6.45, 7) is 7.72. The normalized spacial score (nSPS) is 12.8. The lowest BCUT2D eigenvalue weighted by Gasteiger charge is -2.19. The Morgan fingerprint density at radius 1 is 1.30 bits per heavy atom. The van der Waals surface area contributed by atoms with Crippen LogP contribution in [0.2, 0.25) is 0 Å². The molecule has 20 heavy (non-hydrogen) atoms. The zero-order valence-electron chi connectivity index (χ0n) is 13.2. The molecule has 0 radical (unpaired) electrons. The molecule has 3 heteroatoms. The van der Waals surface area contributed by atoms with E-state index < -0.39 is 0 Å². The summed E-state index contributed by atoms with van der Waals surface area (Å²) in [5.74, 6) is 0.